The number of hydrogen-bond acceptors (Lipinski definition) is 4. The predicted molar refractivity (Wildman–Crippen MR) is 97.0 cm³/mol. The van der Waals surface area contributed by atoms with Gasteiger partial charge in [-0.3, -0.25) is 14.4 Å². The van der Waals surface area contributed by atoms with Crippen molar-refractivity contribution in [3.8, 4) is 5.75 Å². The van der Waals surface area contributed by atoms with Crippen molar-refractivity contribution < 1.29 is 19.1 Å². The molecule has 1 aromatic carbocycles. The van der Waals surface area contributed by atoms with Crippen LogP contribution in [0.1, 0.15) is 48.0 Å². The average Bonchev–Trinajstić information content (AvgIpc) is 2.66. The Hall–Kier alpha value is -2.75. The van der Waals surface area contributed by atoms with Crippen LogP contribution in [0.25, 0.3) is 0 Å². The summed E-state index contributed by atoms with van der Waals surface area (Å²) in [5.41, 5.74) is 1.89. The second-order valence-corrected chi connectivity index (χ2v) is 7.15. The van der Waals surface area contributed by atoms with Gasteiger partial charge in [0.2, 0.25) is 5.78 Å². The number of hydrogen-bond donors (Lipinski definition) is 0. The van der Waals surface area contributed by atoms with Crippen molar-refractivity contribution in [2.45, 2.75) is 38.5 Å². The summed E-state index contributed by atoms with van der Waals surface area (Å²) in [6.07, 6.45) is 13.1. The number of benzene rings is 1. The number of ether oxygens (including phenoxy) is 1. The maximum absolute atomic E-state index is 12.5. The molecule has 0 aromatic heterocycles. The molecule has 0 atom stereocenters. The van der Waals surface area contributed by atoms with Gasteiger partial charge in [0, 0.05) is 5.57 Å². The Morgan fingerprint density at radius 1 is 0.885 bits per heavy atom. The molecule has 2 aliphatic carbocycles. The van der Waals surface area contributed by atoms with Crippen molar-refractivity contribution in [3.63, 3.8) is 0 Å². The smallest absolute Gasteiger partial charge is 0.269 e. The highest BCUT2D eigenvalue weighted by Crippen LogP contribution is 2.33. The molecule has 0 radical (unpaired) electrons. The second-order valence-electron chi connectivity index (χ2n) is 7.15. The molecule has 0 N–H and O–H groups in total. The zero-order valence-corrected chi connectivity index (χ0v) is 14.5. The first-order valence-corrected chi connectivity index (χ1v) is 9.16. The number of Topliss-reactive ketones (excluding diaryl/α,β-unsaturated/α-hetero) is 2. The number of allylic oxidation sites excluding steroid dienone is 6. The molecule has 0 saturated heterocycles. The van der Waals surface area contributed by atoms with Crippen LogP contribution in [0, 0.1) is 5.92 Å². The summed E-state index contributed by atoms with van der Waals surface area (Å²) in [6, 6.07) is 5.51. The SMILES string of the molecule is O=C1C=CC(=C2Oc3cc(CC4CCCCC4)ccc3C(=O)C2=O)C=C1. The van der Waals surface area contributed by atoms with Crippen molar-refractivity contribution in [2.75, 3.05) is 0 Å². The molecule has 0 bridgehead atoms. The van der Waals surface area contributed by atoms with Crippen molar-refractivity contribution in [2.24, 2.45) is 5.92 Å². The summed E-state index contributed by atoms with van der Waals surface area (Å²) in [5, 5.41) is 0. The molecular weight excluding hydrogens is 328 g/mol. The highest BCUT2D eigenvalue weighted by atomic mass is 16.5. The molecule has 1 saturated carbocycles. The minimum absolute atomic E-state index is 0.00248. The summed E-state index contributed by atoms with van der Waals surface area (Å²) in [7, 11) is 0. The van der Waals surface area contributed by atoms with Crippen LogP contribution in [0.15, 0.2) is 53.8 Å². The molecule has 26 heavy (non-hydrogen) atoms. The van der Waals surface area contributed by atoms with Gasteiger partial charge in [0.05, 0.1) is 5.56 Å². The van der Waals surface area contributed by atoms with E-state index in [0.717, 1.165) is 12.0 Å². The number of rotatable bonds is 2. The Morgan fingerprint density at radius 2 is 1.62 bits per heavy atom. The Balaban J connectivity index is 1.64. The molecule has 0 spiro atoms. The summed E-state index contributed by atoms with van der Waals surface area (Å²) in [5.74, 6) is -0.274. The molecule has 1 fully saturated rings. The van der Waals surface area contributed by atoms with Gasteiger partial charge in [0.1, 0.15) is 5.75 Å². The molecule has 0 amide bonds. The van der Waals surface area contributed by atoms with Crippen LogP contribution < -0.4 is 4.74 Å². The van der Waals surface area contributed by atoms with Gasteiger partial charge < -0.3 is 4.74 Å². The predicted octanol–water partition coefficient (Wildman–Crippen LogP) is 3.90. The van der Waals surface area contributed by atoms with E-state index in [1.54, 1.807) is 6.07 Å². The normalized spacial score (nSPS) is 20.4. The molecular formula is C22H20O4. The van der Waals surface area contributed by atoms with Gasteiger partial charge >= 0.3 is 0 Å². The van der Waals surface area contributed by atoms with Gasteiger partial charge in [-0.05, 0) is 54.3 Å². The molecule has 1 aliphatic heterocycles. The third-order valence-electron chi connectivity index (χ3n) is 5.28. The first-order chi connectivity index (χ1) is 12.6. The van der Waals surface area contributed by atoms with Crippen LogP contribution in [0.3, 0.4) is 0 Å². The molecule has 4 heteroatoms. The molecule has 132 valence electrons. The van der Waals surface area contributed by atoms with E-state index in [2.05, 4.69) is 0 Å². The lowest BCUT2D eigenvalue weighted by Gasteiger charge is -2.23. The van der Waals surface area contributed by atoms with E-state index in [0.29, 0.717) is 22.8 Å². The molecule has 4 rings (SSSR count). The first-order valence-electron chi connectivity index (χ1n) is 9.16. The van der Waals surface area contributed by atoms with E-state index in [4.69, 9.17) is 4.74 Å². The lowest BCUT2D eigenvalue weighted by molar-refractivity contribution is -0.114. The minimum Gasteiger partial charge on any atom is -0.452 e. The number of ketones is 3. The summed E-state index contributed by atoms with van der Waals surface area (Å²) >= 11 is 0. The molecule has 3 aliphatic rings. The number of carbonyl (C=O) groups is 3. The standard InChI is InChI=1S/C22H20O4/c23-17-9-7-16(8-10-17)22-21(25)20(24)18-11-6-15(13-19(18)26-22)12-14-4-2-1-3-5-14/h6-11,13-14H,1-5,12H2. The monoisotopic (exact) mass is 348 g/mol. The first kappa shape index (κ1) is 16.7. The van der Waals surface area contributed by atoms with Crippen LogP contribution in [0.5, 0.6) is 5.75 Å². The highest BCUT2D eigenvalue weighted by Gasteiger charge is 2.33. The molecule has 0 unspecified atom stereocenters. The lowest BCUT2D eigenvalue weighted by Crippen LogP contribution is -2.27. The van der Waals surface area contributed by atoms with Crippen LogP contribution in [-0.2, 0) is 16.0 Å². The zero-order valence-electron chi connectivity index (χ0n) is 14.5. The quantitative estimate of drug-likeness (QED) is 0.601. The minimum atomic E-state index is -0.670. The summed E-state index contributed by atoms with van der Waals surface area (Å²) in [4.78, 5) is 36.1. The van der Waals surface area contributed by atoms with E-state index in [-0.39, 0.29) is 11.5 Å². The van der Waals surface area contributed by atoms with Crippen molar-refractivity contribution >= 4 is 17.3 Å². The van der Waals surface area contributed by atoms with Gasteiger partial charge in [-0.1, -0.05) is 38.2 Å². The fourth-order valence-corrected chi connectivity index (χ4v) is 3.87. The topological polar surface area (TPSA) is 60.4 Å². The largest absolute Gasteiger partial charge is 0.452 e. The van der Waals surface area contributed by atoms with E-state index >= 15 is 0 Å². The van der Waals surface area contributed by atoms with Crippen molar-refractivity contribution in [3.05, 3.63) is 65.0 Å². The van der Waals surface area contributed by atoms with Crippen LogP contribution in [0.4, 0.5) is 0 Å². The molecule has 4 nitrogen and oxygen atoms in total. The van der Waals surface area contributed by atoms with Crippen molar-refractivity contribution in [1.29, 1.82) is 0 Å². The van der Waals surface area contributed by atoms with E-state index in [1.165, 1.54) is 56.4 Å². The maximum atomic E-state index is 12.5. The Kier molecular flexibility index (Phi) is 4.41. The van der Waals surface area contributed by atoms with Crippen molar-refractivity contribution in [1.82, 2.24) is 0 Å². The Bertz CT molecular complexity index is 861. The zero-order chi connectivity index (χ0) is 18.1. The summed E-state index contributed by atoms with van der Waals surface area (Å²) < 4.78 is 5.81. The van der Waals surface area contributed by atoms with Gasteiger partial charge in [0.15, 0.2) is 11.5 Å². The average molecular weight is 348 g/mol. The van der Waals surface area contributed by atoms with Gasteiger partial charge in [-0.15, -0.1) is 0 Å². The van der Waals surface area contributed by atoms with Crippen LogP contribution in [0.2, 0.25) is 0 Å². The van der Waals surface area contributed by atoms with Crippen LogP contribution >= 0.6 is 0 Å². The third-order valence-corrected chi connectivity index (χ3v) is 5.28. The fraction of sp³-hybridized carbons (Fsp3) is 0.318. The third kappa shape index (κ3) is 3.19. The van der Waals surface area contributed by atoms with E-state index in [9.17, 15) is 14.4 Å². The van der Waals surface area contributed by atoms with Crippen LogP contribution in [-0.4, -0.2) is 17.3 Å². The van der Waals surface area contributed by atoms with Gasteiger partial charge in [0.25, 0.3) is 5.78 Å². The Morgan fingerprint density at radius 3 is 2.35 bits per heavy atom. The number of fused-ring (bicyclic) bond motifs is 1. The molecule has 1 heterocycles. The highest BCUT2D eigenvalue weighted by molar-refractivity contribution is 6.50. The second kappa shape index (κ2) is 6.87. The number of carbonyl (C=O) groups excluding carboxylic acids is 3. The Labute approximate surface area is 152 Å². The van der Waals surface area contributed by atoms with E-state index in [1.807, 2.05) is 12.1 Å². The maximum Gasteiger partial charge on any atom is 0.269 e. The lowest BCUT2D eigenvalue weighted by atomic mass is 9.84. The fourth-order valence-electron chi connectivity index (χ4n) is 3.87. The molecule has 1 aromatic rings. The van der Waals surface area contributed by atoms with Gasteiger partial charge in [-0.25, -0.2) is 0 Å². The summed E-state index contributed by atoms with van der Waals surface area (Å²) in [6.45, 7) is 0. The van der Waals surface area contributed by atoms with Gasteiger partial charge in [-0.2, -0.15) is 0 Å². The van der Waals surface area contributed by atoms with E-state index < -0.39 is 11.6 Å².